The number of nitro groups is 1. The number of hydrogen-bond donors (Lipinski definition) is 3. The van der Waals surface area contributed by atoms with Crippen molar-refractivity contribution in [3.8, 4) is 0 Å². The number of benzene rings is 2. The lowest BCUT2D eigenvalue weighted by Gasteiger charge is -2.18. The normalized spacial score (nSPS) is 10.1. The Hall–Kier alpha value is -3.62. The van der Waals surface area contributed by atoms with E-state index in [1.54, 1.807) is 18.2 Å². The quantitative estimate of drug-likeness (QED) is 0.499. The molecule has 148 valence electrons. The van der Waals surface area contributed by atoms with Gasteiger partial charge in [0.15, 0.2) is 0 Å². The van der Waals surface area contributed by atoms with Gasteiger partial charge in [0.05, 0.1) is 10.5 Å². The first-order chi connectivity index (χ1) is 13.3. The molecule has 0 fully saturated rings. The van der Waals surface area contributed by atoms with Crippen LogP contribution in [-0.2, 0) is 0 Å². The zero-order valence-corrected chi connectivity index (χ0v) is 16.0. The third kappa shape index (κ3) is 5.44. The molecule has 0 aliphatic carbocycles. The standard InChI is InChI=1S/C19H23N5O4/c1-4-11-20-18(25)16-12-14(7-10-17(16)23(2)3)22-19(26)21-13-5-8-15(9-6-13)24(27)28/h5-10,12H,4,11H2,1-3H3,(H,20,25)(H2,21,22,26). The molecule has 3 amide bonds. The number of nitrogens with zero attached hydrogens (tertiary/aromatic N) is 2. The van der Waals surface area contributed by atoms with Crippen LogP contribution < -0.4 is 20.9 Å². The number of urea groups is 1. The molecule has 0 bridgehead atoms. The highest BCUT2D eigenvalue weighted by Crippen LogP contribution is 2.23. The van der Waals surface area contributed by atoms with Crippen molar-refractivity contribution in [1.29, 1.82) is 0 Å². The first-order valence-electron chi connectivity index (χ1n) is 8.74. The van der Waals surface area contributed by atoms with E-state index < -0.39 is 11.0 Å². The number of amides is 3. The third-order valence-corrected chi connectivity index (χ3v) is 3.85. The summed E-state index contributed by atoms with van der Waals surface area (Å²) in [5.41, 5.74) is 1.98. The molecular weight excluding hydrogens is 362 g/mol. The second-order valence-corrected chi connectivity index (χ2v) is 6.27. The Balaban J connectivity index is 2.12. The molecule has 0 aromatic heterocycles. The number of hydrogen-bond acceptors (Lipinski definition) is 5. The number of carbonyl (C=O) groups is 2. The number of nitro benzene ring substituents is 1. The topological polar surface area (TPSA) is 117 Å². The summed E-state index contributed by atoms with van der Waals surface area (Å²) in [6.07, 6.45) is 0.818. The predicted molar refractivity (Wildman–Crippen MR) is 109 cm³/mol. The number of anilines is 3. The van der Waals surface area contributed by atoms with Crippen LogP contribution >= 0.6 is 0 Å². The minimum Gasteiger partial charge on any atom is -0.377 e. The van der Waals surface area contributed by atoms with Crippen molar-refractivity contribution in [2.75, 3.05) is 36.2 Å². The Morgan fingerprint density at radius 3 is 2.21 bits per heavy atom. The van der Waals surface area contributed by atoms with Crippen molar-refractivity contribution in [3.63, 3.8) is 0 Å². The van der Waals surface area contributed by atoms with Crippen molar-refractivity contribution in [1.82, 2.24) is 5.32 Å². The molecule has 0 aliphatic rings. The summed E-state index contributed by atoms with van der Waals surface area (Å²) in [5, 5.41) is 18.8. The number of nitrogens with one attached hydrogen (secondary N) is 3. The van der Waals surface area contributed by atoms with E-state index in [1.807, 2.05) is 25.9 Å². The van der Waals surface area contributed by atoms with Crippen LogP contribution in [0.5, 0.6) is 0 Å². The van der Waals surface area contributed by atoms with Crippen LogP contribution in [0.25, 0.3) is 0 Å². The molecule has 2 rings (SSSR count). The Morgan fingerprint density at radius 1 is 1.04 bits per heavy atom. The number of rotatable bonds is 7. The van der Waals surface area contributed by atoms with Crippen LogP contribution in [0.1, 0.15) is 23.7 Å². The molecule has 0 atom stereocenters. The van der Waals surface area contributed by atoms with E-state index in [2.05, 4.69) is 16.0 Å². The van der Waals surface area contributed by atoms with E-state index in [0.717, 1.165) is 12.1 Å². The highest BCUT2D eigenvalue weighted by molar-refractivity contribution is 6.03. The zero-order chi connectivity index (χ0) is 20.7. The van der Waals surface area contributed by atoms with Crippen molar-refractivity contribution >= 4 is 34.7 Å². The molecule has 0 aliphatic heterocycles. The highest BCUT2D eigenvalue weighted by atomic mass is 16.6. The fourth-order valence-electron chi connectivity index (χ4n) is 2.48. The molecule has 28 heavy (non-hydrogen) atoms. The summed E-state index contributed by atoms with van der Waals surface area (Å²) in [7, 11) is 3.67. The van der Waals surface area contributed by atoms with E-state index in [0.29, 0.717) is 23.5 Å². The van der Waals surface area contributed by atoms with Crippen molar-refractivity contribution in [2.24, 2.45) is 0 Å². The van der Waals surface area contributed by atoms with Crippen molar-refractivity contribution < 1.29 is 14.5 Å². The second kappa shape index (κ2) is 9.36. The fraction of sp³-hybridized carbons (Fsp3) is 0.263. The maximum Gasteiger partial charge on any atom is 0.323 e. The van der Waals surface area contributed by atoms with Gasteiger partial charge in [0.25, 0.3) is 11.6 Å². The summed E-state index contributed by atoms with van der Waals surface area (Å²) in [5.74, 6) is -0.218. The molecule has 3 N–H and O–H groups in total. The first-order valence-corrected chi connectivity index (χ1v) is 8.74. The molecule has 0 spiro atoms. The van der Waals surface area contributed by atoms with Crippen LogP contribution in [0.3, 0.4) is 0 Å². The highest BCUT2D eigenvalue weighted by Gasteiger charge is 2.14. The summed E-state index contributed by atoms with van der Waals surface area (Å²) in [4.78, 5) is 36.6. The molecule has 2 aromatic carbocycles. The van der Waals surface area contributed by atoms with Crippen LogP contribution in [0.15, 0.2) is 42.5 Å². The molecule has 9 nitrogen and oxygen atoms in total. The molecule has 0 radical (unpaired) electrons. The van der Waals surface area contributed by atoms with Crippen LogP contribution in [0.4, 0.5) is 27.5 Å². The Bertz CT molecular complexity index is 865. The van der Waals surface area contributed by atoms with Gasteiger partial charge >= 0.3 is 6.03 Å². The lowest BCUT2D eigenvalue weighted by molar-refractivity contribution is -0.384. The van der Waals surface area contributed by atoms with E-state index >= 15 is 0 Å². The summed E-state index contributed by atoms with van der Waals surface area (Å²) in [6.45, 7) is 2.53. The van der Waals surface area contributed by atoms with Gasteiger partial charge in [-0.15, -0.1) is 0 Å². The van der Waals surface area contributed by atoms with Gasteiger partial charge in [-0.3, -0.25) is 14.9 Å². The van der Waals surface area contributed by atoms with E-state index in [4.69, 9.17) is 0 Å². The fourth-order valence-corrected chi connectivity index (χ4v) is 2.48. The van der Waals surface area contributed by atoms with Gasteiger partial charge in [-0.2, -0.15) is 0 Å². The molecule has 0 saturated heterocycles. The van der Waals surface area contributed by atoms with Gasteiger partial charge in [-0.05, 0) is 36.8 Å². The molecule has 0 saturated carbocycles. The zero-order valence-electron chi connectivity index (χ0n) is 16.0. The van der Waals surface area contributed by atoms with E-state index in [1.165, 1.54) is 24.3 Å². The van der Waals surface area contributed by atoms with Gasteiger partial charge in [-0.25, -0.2) is 4.79 Å². The van der Waals surface area contributed by atoms with Gasteiger partial charge in [0.2, 0.25) is 0 Å². The van der Waals surface area contributed by atoms with Crippen molar-refractivity contribution in [3.05, 3.63) is 58.1 Å². The van der Waals surface area contributed by atoms with Crippen LogP contribution in [-0.4, -0.2) is 37.5 Å². The van der Waals surface area contributed by atoms with E-state index in [-0.39, 0.29) is 11.6 Å². The molecular formula is C19H23N5O4. The predicted octanol–water partition coefficient (Wildman–Crippen LogP) is 3.44. The van der Waals surface area contributed by atoms with Gasteiger partial charge in [0.1, 0.15) is 0 Å². The Morgan fingerprint density at radius 2 is 1.64 bits per heavy atom. The summed E-state index contributed by atoms with van der Waals surface area (Å²) < 4.78 is 0. The van der Waals surface area contributed by atoms with Crippen molar-refractivity contribution in [2.45, 2.75) is 13.3 Å². The minimum absolute atomic E-state index is 0.0621. The molecule has 0 unspecified atom stereocenters. The van der Waals surface area contributed by atoms with Gasteiger partial charge < -0.3 is 20.9 Å². The monoisotopic (exact) mass is 385 g/mol. The minimum atomic E-state index is -0.522. The van der Waals surface area contributed by atoms with Crippen LogP contribution in [0.2, 0.25) is 0 Å². The Labute approximate surface area is 162 Å². The number of carbonyl (C=O) groups excluding carboxylic acids is 2. The second-order valence-electron chi connectivity index (χ2n) is 6.27. The van der Waals surface area contributed by atoms with Gasteiger partial charge in [-0.1, -0.05) is 6.92 Å². The molecule has 9 heteroatoms. The average Bonchev–Trinajstić information content (AvgIpc) is 2.66. The largest absolute Gasteiger partial charge is 0.377 e. The SMILES string of the molecule is CCCNC(=O)c1cc(NC(=O)Nc2ccc([N+](=O)[O-])cc2)ccc1N(C)C. The van der Waals surface area contributed by atoms with Crippen LogP contribution in [0, 0.1) is 10.1 Å². The Kier molecular flexibility index (Phi) is 6.91. The molecule has 0 heterocycles. The maximum atomic E-state index is 12.4. The maximum absolute atomic E-state index is 12.4. The van der Waals surface area contributed by atoms with Gasteiger partial charge in [0, 0.05) is 49.8 Å². The first kappa shape index (κ1) is 20.7. The molecule has 2 aromatic rings. The third-order valence-electron chi connectivity index (χ3n) is 3.85. The number of non-ortho nitro benzene ring substituents is 1. The average molecular weight is 385 g/mol. The smallest absolute Gasteiger partial charge is 0.323 e. The lowest BCUT2D eigenvalue weighted by atomic mass is 10.1. The summed E-state index contributed by atoms with van der Waals surface area (Å²) >= 11 is 0. The lowest BCUT2D eigenvalue weighted by Crippen LogP contribution is -2.27. The van der Waals surface area contributed by atoms with E-state index in [9.17, 15) is 19.7 Å². The summed E-state index contributed by atoms with van der Waals surface area (Å²) in [6, 6.07) is 10.0.